The molecule has 0 aromatic carbocycles. The molecule has 0 N–H and O–H groups in total. The van der Waals surface area contributed by atoms with Crippen LogP contribution in [0, 0.1) is 0 Å². The molecule has 8 heteroatoms. The molecule has 1 aliphatic rings. The average Bonchev–Trinajstić information content (AvgIpc) is 3.38. The Labute approximate surface area is 173 Å². The Morgan fingerprint density at radius 3 is 2.69 bits per heavy atom. The van der Waals surface area contributed by atoms with Crippen molar-refractivity contribution in [1.82, 2.24) is 14.8 Å². The molecule has 0 radical (unpaired) electrons. The van der Waals surface area contributed by atoms with E-state index >= 15 is 0 Å². The summed E-state index contributed by atoms with van der Waals surface area (Å²) in [6, 6.07) is 6.34. The van der Waals surface area contributed by atoms with Crippen molar-refractivity contribution in [2.45, 2.75) is 13.0 Å². The van der Waals surface area contributed by atoms with Gasteiger partial charge < -0.3 is 4.90 Å². The van der Waals surface area contributed by atoms with Crippen molar-refractivity contribution in [2.75, 3.05) is 26.2 Å². The third-order valence-electron chi connectivity index (χ3n) is 4.35. The summed E-state index contributed by atoms with van der Waals surface area (Å²) in [4.78, 5) is 24.2. The van der Waals surface area contributed by atoms with Crippen LogP contribution in [0.4, 0.5) is 0 Å². The monoisotopic (exact) mass is 467 g/mol. The van der Waals surface area contributed by atoms with Gasteiger partial charge in [-0.25, -0.2) is 4.98 Å². The second-order valence-electron chi connectivity index (χ2n) is 6.19. The van der Waals surface area contributed by atoms with Gasteiger partial charge in [0, 0.05) is 52.8 Å². The van der Waals surface area contributed by atoms with Gasteiger partial charge in [-0.3, -0.25) is 9.69 Å². The van der Waals surface area contributed by atoms with E-state index in [1.54, 1.807) is 34.0 Å². The van der Waals surface area contributed by atoms with Crippen molar-refractivity contribution in [3.8, 4) is 9.88 Å². The summed E-state index contributed by atoms with van der Waals surface area (Å²) >= 11 is 8.54. The number of carbonyl (C=O) groups is 1. The molecule has 0 atom stereocenters. The third kappa shape index (κ3) is 4.43. The topological polar surface area (TPSA) is 36.4 Å². The zero-order valence-electron chi connectivity index (χ0n) is 14.1. The Morgan fingerprint density at radius 1 is 1.15 bits per heavy atom. The van der Waals surface area contributed by atoms with Gasteiger partial charge in [0.2, 0.25) is 5.91 Å². The number of thiophene rings is 2. The van der Waals surface area contributed by atoms with E-state index < -0.39 is 0 Å². The highest BCUT2D eigenvalue weighted by molar-refractivity contribution is 9.10. The minimum atomic E-state index is 0.185. The smallest absolute Gasteiger partial charge is 0.228 e. The molecule has 1 saturated heterocycles. The molecule has 1 fully saturated rings. The van der Waals surface area contributed by atoms with Crippen LogP contribution in [0.1, 0.15) is 10.6 Å². The van der Waals surface area contributed by atoms with E-state index in [-0.39, 0.29) is 5.91 Å². The lowest BCUT2D eigenvalue weighted by Gasteiger charge is -2.34. The van der Waals surface area contributed by atoms with Gasteiger partial charge in [0.05, 0.1) is 17.0 Å². The molecule has 26 heavy (non-hydrogen) atoms. The zero-order chi connectivity index (χ0) is 17.9. The van der Waals surface area contributed by atoms with Crippen LogP contribution >= 0.6 is 49.9 Å². The van der Waals surface area contributed by atoms with Gasteiger partial charge in [-0.2, -0.15) is 0 Å². The Morgan fingerprint density at radius 2 is 2.00 bits per heavy atom. The Hall–Kier alpha value is -1.06. The molecular weight excluding hydrogens is 450 g/mol. The van der Waals surface area contributed by atoms with Crippen molar-refractivity contribution in [3.63, 3.8) is 0 Å². The second kappa shape index (κ2) is 8.31. The summed E-state index contributed by atoms with van der Waals surface area (Å²) < 4.78 is 1.07. The van der Waals surface area contributed by atoms with Crippen molar-refractivity contribution >= 4 is 55.8 Å². The van der Waals surface area contributed by atoms with E-state index in [2.05, 4.69) is 54.8 Å². The van der Waals surface area contributed by atoms with Crippen LogP contribution in [0.5, 0.6) is 0 Å². The van der Waals surface area contributed by atoms with E-state index in [0.717, 1.165) is 52.8 Å². The molecule has 4 rings (SSSR count). The Bertz CT molecular complexity index is 866. The van der Waals surface area contributed by atoms with Gasteiger partial charge in [0.15, 0.2) is 0 Å². The van der Waals surface area contributed by atoms with E-state index in [1.807, 2.05) is 10.3 Å². The first-order chi connectivity index (χ1) is 12.7. The highest BCUT2D eigenvalue weighted by Gasteiger charge is 2.22. The number of piperazine rings is 1. The van der Waals surface area contributed by atoms with Gasteiger partial charge in [0.25, 0.3) is 0 Å². The average molecular weight is 468 g/mol. The molecule has 0 saturated carbocycles. The molecule has 0 unspecified atom stereocenters. The largest absolute Gasteiger partial charge is 0.340 e. The first-order valence-corrected chi connectivity index (χ1v) is 11.8. The molecule has 3 aromatic rings. The van der Waals surface area contributed by atoms with E-state index in [0.29, 0.717) is 6.42 Å². The number of amides is 1. The Balaban J connectivity index is 1.30. The van der Waals surface area contributed by atoms with Gasteiger partial charge in [-0.1, -0.05) is 6.07 Å². The molecule has 3 aromatic heterocycles. The molecule has 0 bridgehead atoms. The molecule has 4 heterocycles. The number of thiazole rings is 1. The SMILES string of the molecule is O=C(Cc1csc(-c2cc(Br)cs2)n1)N1CCN(Cc2cccs2)CC1. The lowest BCUT2D eigenvalue weighted by molar-refractivity contribution is -0.132. The fraction of sp³-hybridized carbons (Fsp3) is 0.333. The van der Waals surface area contributed by atoms with E-state index in [1.165, 1.54) is 4.88 Å². The number of rotatable bonds is 5. The van der Waals surface area contributed by atoms with Crippen molar-refractivity contribution in [1.29, 1.82) is 0 Å². The quantitative estimate of drug-likeness (QED) is 0.550. The predicted octanol–water partition coefficient (Wildman–Crippen LogP) is 4.58. The molecule has 0 aliphatic carbocycles. The van der Waals surface area contributed by atoms with Crippen LogP contribution < -0.4 is 0 Å². The maximum atomic E-state index is 12.6. The predicted molar refractivity (Wildman–Crippen MR) is 113 cm³/mol. The lowest BCUT2D eigenvalue weighted by Crippen LogP contribution is -2.48. The van der Waals surface area contributed by atoms with Crippen LogP contribution in [0.15, 0.2) is 38.8 Å². The first-order valence-electron chi connectivity index (χ1n) is 8.39. The van der Waals surface area contributed by atoms with Gasteiger partial charge >= 0.3 is 0 Å². The number of nitrogens with zero attached hydrogens (tertiary/aromatic N) is 3. The molecule has 0 spiro atoms. The molecule has 1 aliphatic heterocycles. The summed E-state index contributed by atoms with van der Waals surface area (Å²) in [5, 5.41) is 7.17. The van der Waals surface area contributed by atoms with Crippen LogP contribution in [0.3, 0.4) is 0 Å². The first kappa shape index (κ1) is 18.3. The summed E-state index contributed by atoms with van der Waals surface area (Å²) in [7, 11) is 0. The van der Waals surface area contributed by atoms with E-state index in [4.69, 9.17) is 0 Å². The van der Waals surface area contributed by atoms with Crippen LogP contribution in [0.2, 0.25) is 0 Å². The van der Waals surface area contributed by atoms with Gasteiger partial charge in [0.1, 0.15) is 5.01 Å². The minimum Gasteiger partial charge on any atom is -0.340 e. The molecular formula is C18H18BrN3OS3. The number of carbonyl (C=O) groups excluding carboxylic acids is 1. The number of halogens is 1. The summed E-state index contributed by atoms with van der Waals surface area (Å²) in [6.07, 6.45) is 0.397. The number of aromatic nitrogens is 1. The van der Waals surface area contributed by atoms with Crippen LogP contribution in [0.25, 0.3) is 9.88 Å². The minimum absolute atomic E-state index is 0.185. The standard InChI is InChI=1S/C18H18BrN3OS3/c19-13-8-16(25-11-13)18-20-14(12-26-18)9-17(23)22-5-3-21(4-6-22)10-15-2-1-7-24-15/h1-2,7-8,11-12H,3-6,9-10H2. The lowest BCUT2D eigenvalue weighted by atomic mass is 10.2. The highest BCUT2D eigenvalue weighted by atomic mass is 79.9. The van der Waals surface area contributed by atoms with Gasteiger partial charge in [-0.15, -0.1) is 34.0 Å². The summed E-state index contributed by atoms with van der Waals surface area (Å²) in [6.45, 7) is 4.48. The normalized spacial score (nSPS) is 15.5. The molecule has 136 valence electrons. The summed E-state index contributed by atoms with van der Waals surface area (Å²) in [5.41, 5.74) is 0.875. The fourth-order valence-electron chi connectivity index (χ4n) is 2.97. The van der Waals surface area contributed by atoms with Crippen LogP contribution in [-0.2, 0) is 17.8 Å². The number of hydrogen-bond acceptors (Lipinski definition) is 6. The van der Waals surface area contributed by atoms with Crippen LogP contribution in [-0.4, -0.2) is 46.9 Å². The maximum absolute atomic E-state index is 12.6. The van der Waals surface area contributed by atoms with Crippen molar-refractivity contribution in [3.05, 3.63) is 49.4 Å². The van der Waals surface area contributed by atoms with Gasteiger partial charge in [-0.05, 0) is 33.4 Å². The van der Waals surface area contributed by atoms with Crippen molar-refractivity contribution in [2.24, 2.45) is 0 Å². The zero-order valence-corrected chi connectivity index (χ0v) is 18.1. The summed E-state index contributed by atoms with van der Waals surface area (Å²) in [5.74, 6) is 0.185. The maximum Gasteiger partial charge on any atom is 0.228 e. The highest BCUT2D eigenvalue weighted by Crippen LogP contribution is 2.32. The molecule has 1 amide bonds. The second-order valence-corrected chi connectivity index (χ2v) is 9.90. The Kier molecular flexibility index (Phi) is 5.85. The fourth-order valence-corrected chi connectivity index (χ4v) is 6.05. The molecule has 4 nitrogen and oxygen atoms in total. The number of hydrogen-bond donors (Lipinski definition) is 0. The van der Waals surface area contributed by atoms with E-state index in [9.17, 15) is 4.79 Å². The third-order valence-corrected chi connectivity index (χ3v) is 7.96. The van der Waals surface area contributed by atoms with Crippen molar-refractivity contribution < 1.29 is 4.79 Å².